The van der Waals surface area contributed by atoms with Gasteiger partial charge in [0.05, 0.1) is 18.3 Å². The first-order valence-corrected chi connectivity index (χ1v) is 7.77. The van der Waals surface area contributed by atoms with E-state index in [1.165, 1.54) is 24.3 Å². The molecular formula is C14H8I2O5. The summed E-state index contributed by atoms with van der Waals surface area (Å²) in [4.78, 5) is 23.7. The molecule has 0 aromatic heterocycles. The van der Waals surface area contributed by atoms with E-state index >= 15 is 0 Å². The summed E-state index contributed by atoms with van der Waals surface area (Å²) in [5.74, 6) is -2.31. The topological polar surface area (TPSA) is 94.8 Å². The van der Waals surface area contributed by atoms with E-state index in [4.69, 9.17) is 5.11 Å². The van der Waals surface area contributed by atoms with Crippen molar-refractivity contribution < 1.29 is 24.9 Å². The van der Waals surface area contributed by atoms with Gasteiger partial charge in [0, 0.05) is 5.56 Å². The number of halogens is 2. The first-order valence-electron chi connectivity index (χ1n) is 5.61. The number of ketones is 1. The van der Waals surface area contributed by atoms with Crippen LogP contribution in [0.3, 0.4) is 0 Å². The number of rotatable bonds is 3. The second-order valence-corrected chi connectivity index (χ2v) is 6.34. The minimum atomic E-state index is -1.22. The molecule has 0 aliphatic carbocycles. The summed E-state index contributed by atoms with van der Waals surface area (Å²) in [6.45, 7) is 0. The fourth-order valence-electron chi connectivity index (χ4n) is 1.78. The Labute approximate surface area is 146 Å². The number of hydrogen-bond donors (Lipinski definition) is 3. The van der Waals surface area contributed by atoms with Crippen molar-refractivity contribution in [2.45, 2.75) is 0 Å². The Balaban J connectivity index is 2.64. The number of carboxylic acids is 1. The zero-order chi connectivity index (χ0) is 15.7. The van der Waals surface area contributed by atoms with Crippen LogP contribution >= 0.6 is 45.2 Å². The maximum atomic E-state index is 12.5. The van der Waals surface area contributed by atoms with Crippen molar-refractivity contribution in [1.82, 2.24) is 0 Å². The zero-order valence-electron chi connectivity index (χ0n) is 10.3. The van der Waals surface area contributed by atoms with Gasteiger partial charge >= 0.3 is 5.97 Å². The first-order chi connectivity index (χ1) is 9.84. The first kappa shape index (κ1) is 16.0. The number of hydrogen-bond acceptors (Lipinski definition) is 4. The number of aromatic carboxylic acids is 1. The lowest BCUT2D eigenvalue weighted by atomic mass is 9.97. The fourth-order valence-corrected chi connectivity index (χ4v) is 3.46. The van der Waals surface area contributed by atoms with E-state index in [9.17, 15) is 19.8 Å². The number of aromatic hydroxyl groups is 2. The van der Waals surface area contributed by atoms with Crippen LogP contribution in [0.1, 0.15) is 26.3 Å². The molecule has 2 aromatic rings. The number of phenols is 2. The molecule has 2 rings (SSSR count). The van der Waals surface area contributed by atoms with Crippen molar-refractivity contribution in [3.8, 4) is 11.5 Å². The van der Waals surface area contributed by atoms with Crippen molar-refractivity contribution in [3.63, 3.8) is 0 Å². The van der Waals surface area contributed by atoms with Gasteiger partial charge in [-0.05, 0) is 57.3 Å². The summed E-state index contributed by atoms with van der Waals surface area (Å²) in [6, 6.07) is 7.10. The molecule has 0 heterocycles. The Morgan fingerprint density at radius 2 is 1.48 bits per heavy atom. The fraction of sp³-hybridized carbons (Fsp3) is 0. The molecule has 21 heavy (non-hydrogen) atoms. The largest absolute Gasteiger partial charge is 0.506 e. The molecule has 0 spiro atoms. The molecule has 0 aliphatic heterocycles. The van der Waals surface area contributed by atoms with Gasteiger partial charge in [0.2, 0.25) is 0 Å². The van der Waals surface area contributed by atoms with E-state index in [1.807, 2.05) is 22.6 Å². The minimum absolute atomic E-state index is 0.0161. The second-order valence-electron chi connectivity index (χ2n) is 4.10. The summed E-state index contributed by atoms with van der Waals surface area (Å²) < 4.78 is 0.543. The third-order valence-electron chi connectivity index (χ3n) is 2.81. The van der Waals surface area contributed by atoms with Crippen LogP contribution in [0, 0.1) is 7.14 Å². The van der Waals surface area contributed by atoms with Gasteiger partial charge in [0.15, 0.2) is 5.78 Å². The quantitative estimate of drug-likeness (QED) is 0.436. The Kier molecular flexibility index (Phi) is 4.71. The molecule has 0 unspecified atom stereocenters. The predicted molar refractivity (Wildman–Crippen MR) is 92.0 cm³/mol. The second kappa shape index (κ2) is 6.18. The maximum absolute atomic E-state index is 12.5. The lowest BCUT2D eigenvalue weighted by molar-refractivity contribution is 0.0692. The van der Waals surface area contributed by atoms with Gasteiger partial charge in [-0.25, -0.2) is 4.79 Å². The molecule has 0 aliphatic rings. The third-order valence-corrected chi connectivity index (χ3v) is 4.66. The van der Waals surface area contributed by atoms with Crippen LogP contribution in [0.4, 0.5) is 0 Å². The normalized spacial score (nSPS) is 10.4. The Morgan fingerprint density at radius 1 is 0.905 bits per heavy atom. The van der Waals surface area contributed by atoms with Crippen LogP contribution in [0.5, 0.6) is 11.5 Å². The van der Waals surface area contributed by atoms with Crippen molar-refractivity contribution in [2.24, 2.45) is 0 Å². The molecule has 3 N–H and O–H groups in total. The molecule has 0 fully saturated rings. The van der Waals surface area contributed by atoms with Crippen molar-refractivity contribution in [2.75, 3.05) is 0 Å². The molecule has 0 bridgehead atoms. The van der Waals surface area contributed by atoms with Crippen LogP contribution in [0.25, 0.3) is 0 Å². The SMILES string of the molecule is O=C(O)c1ccccc1C(=O)c1cc(I)c(O)c(I)c1O. The predicted octanol–water partition coefficient (Wildman–Crippen LogP) is 3.24. The van der Waals surface area contributed by atoms with E-state index < -0.39 is 11.8 Å². The highest BCUT2D eigenvalue weighted by molar-refractivity contribution is 14.1. The molecule has 0 saturated carbocycles. The van der Waals surface area contributed by atoms with Gasteiger partial charge in [-0.2, -0.15) is 0 Å². The van der Waals surface area contributed by atoms with Crippen LogP contribution in [-0.4, -0.2) is 27.1 Å². The molecule has 2 aromatic carbocycles. The summed E-state index contributed by atoms with van der Waals surface area (Å²) in [7, 11) is 0. The zero-order valence-corrected chi connectivity index (χ0v) is 14.6. The number of carboxylic acid groups (broad SMARTS) is 1. The lowest BCUT2D eigenvalue weighted by Gasteiger charge is -2.10. The van der Waals surface area contributed by atoms with Crippen molar-refractivity contribution in [3.05, 3.63) is 54.2 Å². The Bertz CT molecular complexity index is 755. The smallest absolute Gasteiger partial charge is 0.336 e. The molecule has 0 radical (unpaired) electrons. The summed E-state index contributed by atoms with van der Waals surface area (Å²) in [5, 5.41) is 28.9. The van der Waals surface area contributed by atoms with Gasteiger partial charge in [-0.3, -0.25) is 4.79 Å². The highest BCUT2D eigenvalue weighted by atomic mass is 127. The average Bonchev–Trinajstić information content (AvgIpc) is 2.48. The minimum Gasteiger partial charge on any atom is -0.506 e. The highest BCUT2D eigenvalue weighted by Gasteiger charge is 2.23. The Morgan fingerprint density at radius 3 is 2.05 bits per heavy atom. The average molecular weight is 510 g/mol. The molecule has 0 amide bonds. The summed E-state index contributed by atoms with van der Waals surface area (Å²) in [5.41, 5.74) is -0.201. The molecule has 5 nitrogen and oxygen atoms in total. The molecule has 0 atom stereocenters. The van der Waals surface area contributed by atoms with E-state index in [0.29, 0.717) is 3.57 Å². The monoisotopic (exact) mass is 510 g/mol. The van der Waals surface area contributed by atoms with Gasteiger partial charge in [-0.15, -0.1) is 0 Å². The standard InChI is InChI=1S/C14H8I2O5/c15-9-5-8(12(18)10(16)13(9)19)11(17)6-3-1-2-4-7(6)14(20)21/h1-5,18-19H,(H,20,21). The lowest BCUT2D eigenvalue weighted by Crippen LogP contribution is -2.10. The van der Waals surface area contributed by atoms with E-state index in [-0.39, 0.29) is 31.8 Å². The maximum Gasteiger partial charge on any atom is 0.336 e. The van der Waals surface area contributed by atoms with Gasteiger partial charge < -0.3 is 15.3 Å². The summed E-state index contributed by atoms with van der Waals surface area (Å²) in [6.07, 6.45) is 0. The van der Waals surface area contributed by atoms with Gasteiger partial charge in [0.1, 0.15) is 11.5 Å². The molecule has 7 heteroatoms. The van der Waals surface area contributed by atoms with Crippen LogP contribution in [0.15, 0.2) is 30.3 Å². The summed E-state index contributed by atoms with van der Waals surface area (Å²) >= 11 is 3.55. The molecular weight excluding hydrogens is 502 g/mol. The number of benzene rings is 2. The van der Waals surface area contributed by atoms with Crippen LogP contribution < -0.4 is 0 Å². The van der Waals surface area contributed by atoms with E-state index in [0.717, 1.165) is 0 Å². The molecule has 0 saturated heterocycles. The van der Waals surface area contributed by atoms with Crippen molar-refractivity contribution >= 4 is 56.9 Å². The molecule has 108 valence electrons. The number of carbonyl (C=O) groups is 2. The van der Waals surface area contributed by atoms with E-state index in [2.05, 4.69) is 0 Å². The number of carbonyl (C=O) groups excluding carboxylic acids is 1. The van der Waals surface area contributed by atoms with Gasteiger partial charge in [0.25, 0.3) is 0 Å². The van der Waals surface area contributed by atoms with Crippen LogP contribution in [0.2, 0.25) is 0 Å². The van der Waals surface area contributed by atoms with Crippen molar-refractivity contribution in [1.29, 1.82) is 0 Å². The van der Waals surface area contributed by atoms with Gasteiger partial charge in [-0.1, -0.05) is 18.2 Å². The number of phenolic OH excluding ortho intramolecular Hbond substituents is 2. The Hall–Kier alpha value is -1.36. The third kappa shape index (κ3) is 2.98. The van der Waals surface area contributed by atoms with Crippen LogP contribution in [-0.2, 0) is 0 Å². The van der Waals surface area contributed by atoms with E-state index in [1.54, 1.807) is 28.7 Å². The highest BCUT2D eigenvalue weighted by Crippen LogP contribution is 2.37.